The lowest BCUT2D eigenvalue weighted by Gasteiger charge is -1.94. The van der Waals surface area contributed by atoms with E-state index in [2.05, 4.69) is 27.7 Å². The predicted octanol–water partition coefficient (Wildman–Crippen LogP) is 2.44. The maximum Gasteiger partial charge on any atom is 0.167 e. The zero-order valence-corrected chi connectivity index (χ0v) is 9.43. The van der Waals surface area contributed by atoms with Crippen molar-refractivity contribution in [3.05, 3.63) is 39.6 Å². The number of benzene rings is 1. The average Bonchev–Trinajstić information content (AvgIpc) is 2.67. The molecule has 1 aromatic heterocycles. The van der Waals surface area contributed by atoms with Gasteiger partial charge >= 0.3 is 0 Å². The summed E-state index contributed by atoms with van der Waals surface area (Å²) in [6, 6.07) is 9.66. The van der Waals surface area contributed by atoms with Gasteiger partial charge in [-0.1, -0.05) is 17.3 Å². The zero-order valence-electron chi connectivity index (χ0n) is 7.27. The van der Waals surface area contributed by atoms with E-state index in [0.29, 0.717) is 11.5 Å². The molecule has 1 N–H and O–H groups in total. The molecule has 0 amide bonds. The van der Waals surface area contributed by atoms with E-state index >= 15 is 0 Å². The van der Waals surface area contributed by atoms with Crippen LogP contribution in [0.2, 0.25) is 0 Å². The monoisotopic (exact) mass is 301 g/mol. The molecule has 0 aliphatic heterocycles. The lowest BCUT2D eigenvalue weighted by atomic mass is 10.2. The highest BCUT2D eigenvalue weighted by Crippen LogP contribution is 2.21. The molecular weight excluding hydrogens is 293 g/mol. The highest BCUT2D eigenvalue weighted by molar-refractivity contribution is 14.1. The summed E-state index contributed by atoms with van der Waals surface area (Å²) in [5, 5.41) is 12.5. The third kappa shape index (κ3) is 1.96. The summed E-state index contributed by atoms with van der Waals surface area (Å²) < 4.78 is 6.24. The highest BCUT2D eigenvalue weighted by Gasteiger charge is 2.04. The van der Waals surface area contributed by atoms with Crippen molar-refractivity contribution in [3.8, 4) is 11.3 Å². The molecule has 72 valence electrons. The Balaban J connectivity index is 2.34. The van der Waals surface area contributed by atoms with E-state index in [0.717, 1.165) is 5.56 Å². The first-order chi connectivity index (χ1) is 6.79. The molecule has 0 saturated carbocycles. The first-order valence-corrected chi connectivity index (χ1v) is 5.20. The van der Waals surface area contributed by atoms with E-state index < -0.39 is 0 Å². The second-order valence-electron chi connectivity index (χ2n) is 2.85. The fourth-order valence-electron chi connectivity index (χ4n) is 1.14. The molecular formula is C10H8INO2. The van der Waals surface area contributed by atoms with Crippen LogP contribution in [0.5, 0.6) is 0 Å². The Labute approximate surface area is 94.9 Å². The Morgan fingerprint density at radius 3 is 2.57 bits per heavy atom. The van der Waals surface area contributed by atoms with E-state index in [4.69, 9.17) is 9.63 Å². The van der Waals surface area contributed by atoms with E-state index in [9.17, 15) is 0 Å². The Kier molecular flexibility index (Phi) is 2.83. The number of aromatic nitrogens is 1. The molecule has 0 saturated heterocycles. The summed E-state index contributed by atoms with van der Waals surface area (Å²) in [4.78, 5) is 0. The topological polar surface area (TPSA) is 46.3 Å². The van der Waals surface area contributed by atoms with Crippen LogP contribution >= 0.6 is 22.6 Å². The van der Waals surface area contributed by atoms with Crippen molar-refractivity contribution < 1.29 is 9.63 Å². The number of halogens is 1. The number of aliphatic hydroxyl groups excluding tert-OH is 1. The average molecular weight is 301 g/mol. The van der Waals surface area contributed by atoms with Crippen LogP contribution in [-0.4, -0.2) is 10.3 Å². The lowest BCUT2D eigenvalue weighted by molar-refractivity contribution is 0.267. The third-order valence-corrected chi connectivity index (χ3v) is 2.57. The number of nitrogens with zero attached hydrogens (tertiary/aromatic N) is 1. The molecule has 0 spiro atoms. The molecule has 0 unspecified atom stereocenters. The van der Waals surface area contributed by atoms with Gasteiger partial charge in [0, 0.05) is 15.2 Å². The molecule has 0 fully saturated rings. The minimum Gasteiger partial charge on any atom is -0.390 e. The molecule has 0 aliphatic rings. The van der Waals surface area contributed by atoms with Crippen LogP contribution in [0, 0.1) is 3.57 Å². The van der Waals surface area contributed by atoms with E-state index in [1.807, 2.05) is 24.3 Å². The summed E-state index contributed by atoms with van der Waals surface area (Å²) in [5.74, 6) is 0.686. The van der Waals surface area contributed by atoms with Gasteiger partial charge in [0.1, 0.15) is 5.69 Å². The van der Waals surface area contributed by atoms with Crippen LogP contribution in [0.3, 0.4) is 0 Å². The van der Waals surface area contributed by atoms with Gasteiger partial charge < -0.3 is 9.63 Å². The Morgan fingerprint density at radius 2 is 2.00 bits per heavy atom. The predicted molar refractivity (Wildman–Crippen MR) is 60.6 cm³/mol. The van der Waals surface area contributed by atoms with Gasteiger partial charge in [0.2, 0.25) is 0 Å². The highest BCUT2D eigenvalue weighted by atomic mass is 127. The zero-order chi connectivity index (χ0) is 9.97. The van der Waals surface area contributed by atoms with E-state index in [-0.39, 0.29) is 6.61 Å². The Bertz CT molecular complexity index is 422. The summed E-state index contributed by atoms with van der Waals surface area (Å²) >= 11 is 2.24. The summed E-state index contributed by atoms with van der Waals surface area (Å²) in [5.41, 5.74) is 1.52. The minimum absolute atomic E-state index is 0.0894. The molecule has 1 aromatic carbocycles. The normalized spacial score (nSPS) is 10.4. The van der Waals surface area contributed by atoms with E-state index in [1.54, 1.807) is 6.07 Å². The lowest BCUT2D eigenvalue weighted by Crippen LogP contribution is -1.78. The Hall–Kier alpha value is -0.880. The van der Waals surface area contributed by atoms with Crippen molar-refractivity contribution in [2.75, 3.05) is 0 Å². The van der Waals surface area contributed by atoms with Gasteiger partial charge in [-0.05, 0) is 34.7 Å². The molecule has 0 aliphatic carbocycles. The third-order valence-electron chi connectivity index (χ3n) is 1.85. The maximum absolute atomic E-state index is 8.82. The molecule has 1 heterocycles. The molecule has 0 bridgehead atoms. The number of hydrogen-bond acceptors (Lipinski definition) is 3. The van der Waals surface area contributed by atoms with Crippen LogP contribution in [0.25, 0.3) is 11.3 Å². The second-order valence-corrected chi connectivity index (χ2v) is 4.09. The van der Waals surface area contributed by atoms with Crippen molar-refractivity contribution in [3.63, 3.8) is 0 Å². The minimum atomic E-state index is -0.0894. The van der Waals surface area contributed by atoms with Crippen molar-refractivity contribution in [2.45, 2.75) is 6.61 Å². The van der Waals surface area contributed by atoms with Crippen molar-refractivity contribution >= 4 is 22.6 Å². The number of rotatable bonds is 2. The fourth-order valence-corrected chi connectivity index (χ4v) is 1.50. The molecule has 0 atom stereocenters. The first kappa shape index (κ1) is 9.67. The van der Waals surface area contributed by atoms with Crippen molar-refractivity contribution in [2.24, 2.45) is 0 Å². The first-order valence-electron chi connectivity index (χ1n) is 4.12. The van der Waals surface area contributed by atoms with Gasteiger partial charge in [-0.3, -0.25) is 0 Å². The molecule has 14 heavy (non-hydrogen) atoms. The SMILES string of the molecule is OCc1cc(-c2ccc(I)cc2)on1. The largest absolute Gasteiger partial charge is 0.390 e. The second kappa shape index (κ2) is 4.10. The summed E-state index contributed by atoms with van der Waals surface area (Å²) in [7, 11) is 0. The fraction of sp³-hybridized carbons (Fsp3) is 0.100. The van der Waals surface area contributed by atoms with E-state index in [1.165, 1.54) is 3.57 Å². The number of hydrogen-bond donors (Lipinski definition) is 1. The van der Waals surface area contributed by atoms with Gasteiger partial charge in [0.05, 0.1) is 6.61 Å². The van der Waals surface area contributed by atoms with Gasteiger partial charge in [-0.25, -0.2) is 0 Å². The van der Waals surface area contributed by atoms with Crippen molar-refractivity contribution in [1.29, 1.82) is 0 Å². The van der Waals surface area contributed by atoms with Gasteiger partial charge in [-0.15, -0.1) is 0 Å². The molecule has 2 rings (SSSR count). The molecule has 4 heteroatoms. The standard InChI is InChI=1S/C10H8INO2/c11-8-3-1-7(2-4-8)10-5-9(6-13)12-14-10/h1-5,13H,6H2. The molecule has 2 aromatic rings. The van der Waals surface area contributed by atoms with Crippen molar-refractivity contribution in [1.82, 2.24) is 5.16 Å². The van der Waals surface area contributed by atoms with Crippen LogP contribution in [-0.2, 0) is 6.61 Å². The Morgan fingerprint density at radius 1 is 1.29 bits per heavy atom. The quantitative estimate of drug-likeness (QED) is 0.867. The summed E-state index contributed by atoms with van der Waals surface area (Å²) in [6.45, 7) is -0.0894. The van der Waals surface area contributed by atoms with Crippen LogP contribution in [0.15, 0.2) is 34.9 Å². The van der Waals surface area contributed by atoms with Gasteiger partial charge in [-0.2, -0.15) is 0 Å². The van der Waals surface area contributed by atoms with Crippen LogP contribution in [0.4, 0.5) is 0 Å². The summed E-state index contributed by atoms with van der Waals surface area (Å²) in [6.07, 6.45) is 0. The van der Waals surface area contributed by atoms with Crippen LogP contribution in [0.1, 0.15) is 5.69 Å². The number of aliphatic hydroxyl groups is 1. The van der Waals surface area contributed by atoms with Gasteiger partial charge in [0.15, 0.2) is 5.76 Å². The molecule has 0 radical (unpaired) electrons. The smallest absolute Gasteiger partial charge is 0.167 e. The van der Waals surface area contributed by atoms with Crippen LogP contribution < -0.4 is 0 Å². The maximum atomic E-state index is 8.82. The molecule has 3 nitrogen and oxygen atoms in total. The van der Waals surface area contributed by atoms with Gasteiger partial charge in [0.25, 0.3) is 0 Å².